The summed E-state index contributed by atoms with van der Waals surface area (Å²) >= 11 is 0. The van der Waals surface area contributed by atoms with Gasteiger partial charge >= 0.3 is 0 Å². The Bertz CT molecular complexity index is 188. The first-order valence-electron chi connectivity index (χ1n) is 5.65. The quantitative estimate of drug-likeness (QED) is 0.588. The summed E-state index contributed by atoms with van der Waals surface area (Å²) in [5, 5.41) is 5.98. The van der Waals surface area contributed by atoms with Gasteiger partial charge in [-0.2, -0.15) is 0 Å². The highest BCUT2D eigenvalue weighted by atomic mass is 16.5. The van der Waals surface area contributed by atoms with Gasteiger partial charge in [0.05, 0.1) is 12.7 Å². The van der Waals surface area contributed by atoms with Gasteiger partial charge in [-0.25, -0.2) is 0 Å². The Morgan fingerprint density at radius 3 is 2.50 bits per heavy atom. The molecule has 2 N–H and O–H groups in total. The SMILES string of the molecule is CCNCC(C)C(=O)NCC(COC)OC. The molecule has 0 bridgehead atoms. The van der Waals surface area contributed by atoms with Crippen LogP contribution in [0.25, 0.3) is 0 Å². The van der Waals surface area contributed by atoms with E-state index >= 15 is 0 Å². The summed E-state index contributed by atoms with van der Waals surface area (Å²) in [5.41, 5.74) is 0. The van der Waals surface area contributed by atoms with Gasteiger partial charge in [0.15, 0.2) is 0 Å². The molecule has 0 rings (SSSR count). The van der Waals surface area contributed by atoms with E-state index in [-0.39, 0.29) is 17.9 Å². The Kier molecular flexibility index (Phi) is 9.18. The maximum absolute atomic E-state index is 11.6. The van der Waals surface area contributed by atoms with Gasteiger partial charge in [0.25, 0.3) is 0 Å². The van der Waals surface area contributed by atoms with Gasteiger partial charge in [-0.3, -0.25) is 4.79 Å². The Morgan fingerprint density at radius 1 is 1.31 bits per heavy atom. The van der Waals surface area contributed by atoms with Gasteiger partial charge in [-0.1, -0.05) is 13.8 Å². The van der Waals surface area contributed by atoms with Crippen LogP contribution in [0.1, 0.15) is 13.8 Å². The van der Waals surface area contributed by atoms with Gasteiger partial charge in [0, 0.05) is 33.2 Å². The van der Waals surface area contributed by atoms with Crippen LogP contribution in [0.4, 0.5) is 0 Å². The topological polar surface area (TPSA) is 59.6 Å². The van der Waals surface area contributed by atoms with E-state index in [2.05, 4.69) is 10.6 Å². The second-order valence-electron chi connectivity index (χ2n) is 3.77. The lowest BCUT2D eigenvalue weighted by atomic mass is 10.1. The summed E-state index contributed by atoms with van der Waals surface area (Å²) in [7, 11) is 3.22. The van der Waals surface area contributed by atoms with Crippen LogP contribution in [-0.2, 0) is 14.3 Å². The van der Waals surface area contributed by atoms with Crippen molar-refractivity contribution in [2.75, 3.05) is 40.5 Å². The Balaban J connectivity index is 3.76. The number of amides is 1. The summed E-state index contributed by atoms with van der Waals surface area (Å²) in [4.78, 5) is 11.6. The number of hydrogen-bond donors (Lipinski definition) is 2. The zero-order valence-corrected chi connectivity index (χ0v) is 10.7. The molecule has 0 aromatic heterocycles. The lowest BCUT2D eigenvalue weighted by Gasteiger charge is -2.17. The Hall–Kier alpha value is -0.650. The molecule has 2 atom stereocenters. The molecule has 2 unspecified atom stereocenters. The van der Waals surface area contributed by atoms with Crippen LogP contribution in [-0.4, -0.2) is 52.5 Å². The Morgan fingerprint density at radius 2 is 2.00 bits per heavy atom. The molecule has 0 aromatic carbocycles. The summed E-state index contributed by atoms with van der Waals surface area (Å²) < 4.78 is 10.1. The fraction of sp³-hybridized carbons (Fsp3) is 0.909. The van der Waals surface area contributed by atoms with Crippen LogP contribution in [0.15, 0.2) is 0 Å². The molecule has 0 saturated carbocycles. The second kappa shape index (κ2) is 9.57. The zero-order valence-electron chi connectivity index (χ0n) is 10.7. The van der Waals surface area contributed by atoms with Crippen molar-refractivity contribution >= 4 is 5.91 Å². The summed E-state index contributed by atoms with van der Waals surface area (Å²) in [6, 6.07) is 0. The van der Waals surface area contributed by atoms with E-state index in [1.807, 2.05) is 13.8 Å². The van der Waals surface area contributed by atoms with Crippen LogP contribution in [0.5, 0.6) is 0 Å². The minimum absolute atomic E-state index is 0.0278. The van der Waals surface area contributed by atoms with Crippen LogP contribution < -0.4 is 10.6 Å². The molecule has 0 spiro atoms. The monoisotopic (exact) mass is 232 g/mol. The maximum atomic E-state index is 11.6. The van der Waals surface area contributed by atoms with E-state index in [0.717, 1.165) is 6.54 Å². The number of nitrogens with one attached hydrogen (secondary N) is 2. The lowest BCUT2D eigenvalue weighted by molar-refractivity contribution is -0.125. The van der Waals surface area contributed by atoms with Crippen LogP contribution >= 0.6 is 0 Å². The van der Waals surface area contributed by atoms with E-state index in [1.54, 1.807) is 14.2 Å². The highest BCUT2D eigenvalue weighted by Crippen LogP contribution is 1.94. The number of carbonyl (C=O) groups excluding carboxylic acids is 1. The van der Waals surface area contributed by atoms with Gasteiger partial charge in [-0.05, 0) is 6.54 Å². The molecule has 0 aliphatic rings. The minimum Gasteiger partial charge on any atom is -0.382 e. The average molecular weight is 232 g/mol. The number of methoxy groups -OCH3 is 2. The molecule has 5 heteroatoms. The number of ether oxygens (including phenoxy) is 2. The van der Waals surface area contributed by atoms with Crippen LogP contribution in [0.2, 0.25) is 0 Å². The third-order valence-corrected chi connectivity index (χ3v) is 2.34. The van der Waals surface area contributed by atoms with Crippen molar-refractivity contribution in [3.05, 3.63) is 0 Å². The van der Waals surface area contributed by atoms with E-state index in [1.165, 1.54) is 0 Å². The van der Waals surface area contributed by atoms with Gasteiger partial charge < -0.3 is 20.1 Å². The van der Waals surface area contributed by atoms with Crippen molar-refractivity contribution in [3.8, 4) is 0 Å². The first kappa shape index (κ1) is 15.3. The molecular formula is C11H24N2O3. The molecule has 0 heterocycles. The summed E-state index contributed by atoms with van der Waals surface area (Å²) in [6.45, 7) is 6.46. The predicted octanol–water partition coefficient (Wildman–Crippen LogP) is 0.00960. The lowest BCUT2D eigenvalue weighted by Crippen LogP contribution is -2.40. The zero-order chi connectivity index (χ0) is 12.4. The third-order valence-electron chi connectivity index (χ3n) is 2.34. The predicted molar refractivity (Wildman–Crippen MR) is 63.4 cm³/mol. The van der Waals surface area contributed by atoms with Gasteiger partial charge in [0.1, 0.15) is 0 Å². The minimum atomic E-state index is -0.0831. The maximum Gasteiger partial charge on any atom is 0.224 e. The van der Waals surface area contributed by atoms with Gasteiger partial charge in [-0.15, -0.1) is 0 Å². The van der Waals surface area contributed by atoms with Crippen LogP contribution in [0.3, 0.4) is 0 Å². The molecule has 16 heavy (non-hydrogen) atoms. The summed E-state index contributed by atoms with van der Waals surface area (Å²) in [6.07, 6.45) is -0.0831. The fourth-order valence-electron chi connectivity index (χ4n) is 1.24. The normalized spacial score (nSPS) is 14.5. The number of hydrogen-bond acceptors (Lipinski definition) is 4. The van der Waals surface area contributed by atoms with Crippen molar-refractivity contribution in [1.82, 2.24) is 10.6 Å². The van der Waals surface area contributed by atoms with Gasteiger partial charge in [0.2, 0.25) is 5.91 Å². The largest absolute Gasteiger partial charge is 0.382 e. The van der Waals surface area contributed by atoms with Crippen molar-refractivity contribution in [2.24, 2.45) is 5.92 Å². The average Bonchev–Trinajstić information content (AvgIpc) is 2.30. The standard InChI is InChI=1S/C11H24N2O3/c1-5-12-6-9(2)11(14)13-7-10(16-4)8-15-3/h9-10,12H,5-8H2,1-4H3,(H,13,14). The van der Waals surface area contributed by atoms with E-state index in [4.69, 9.17) is 9.47 Å². The van der Waals surface area contributed by atoms with Crippen molar-refractivity contribution < 1.29 is 14.3 Å². The van der Waals surface area contributed by atoms with E-state index in [0.29, 0.717) is 19.7 Å². The smallest absolute Gasteiger partial charge is 0.224 e. The molecular weight excluding hydrogens is 208 g/mol. The highest BCUT2D eigenvalue weighted by Gasteiger charge is 2.14. The molecule has 0 saturated heterocycles. The van der Waals surface area contributed by atoms with Crippen molar-refractivity contribution in [3.63, 3.8) is 0 Å². The molecule has 0 aliphatic heterocycles. The number of rotatable bonds is 9. The molecule has 0 aliphatic carbocycles. The number of carbonyl (C=O) groups is 1. The second-order valence-corrected chi connectivity index (χ2v) is 3.77. The molecule has 1 amide bonds. The first-order chi connectivity index (χ1) is 7.65. The van der Waals surface area contributed by atoms with E-state index < -0.39 is 0 Å². The molecule has 0 fully saturated rings. The Labute approximate surface area is 97.9 Å². The molecule has 0 radical (unpaired) electrons. The first-order valence-corrected chi connectivity index (χ1v) is 5.65. The van der Waals surface area contributed by atoms with Crippen molar-refractivity contribution in [2.45, 2.75) is 20.0 Å². The summed E-state index contributed by atoms with van der Waals surface area (Å²) in [5.74, 6) is 0.0131. The molecule has 0 aromatic rings. The fourth-order valence-corrected chi connectivity index (χ4v) is 1.24. The van der Waals surface area contributed by atoms with Crippen LogP contribution in [0, 0.1) is 5.92 Å². The molecule has 5 nitrogen and oxygen atoms in total. The van der Waals surface area contributed by atoms with Crippen molar-refractivity contribution in [1.29, 1.82) is 0 Å². The third kappa shape index (κ3) is 6.76. The van der Waals surface area contributed by atoms with E-state index in [9.17, 15) is 4.79 Å². The molecule has 96 valence electrons. The highest BCUT2D eigenvalue weighted by molar-refractivity contribution is 5.78.